The minimum atomic E-state index is -0.312. The van der Waals surface area contributed by atoms with Crippen molar-refractivity contribution < 1.29 is 9.63 Å². The molecule has 0 aliphatic carbocycles. The molecule has 0 saturated heterocycles. The van der Waals surface area contributed by atoms with E-state index in [1.807, 2.05) is 48.7 Å². The van der Waals surface area contributed by atoms with Gasteiger partial charge in [-0.1, -0.05) is 28.6 Å². The summed E-state index contributed by atoms with van der Waals surface area (Å²) in [6.45, 7) is 2.04. The Morgan fingerprint density at radius 3 is 3.04 bits per heavy atom. The lowest BCUT2D eigenvalue weighted by Crippen LogP contribution is -2.17. The van der Waals surface area contributed by atoms with Crippen molar-refractivity contribution >= 4 is 39.7 Å². The molecule has 1 amide bonds. The minimum absolute atomic E-state index is 0.179. The molecule has 3 aromatic heterocycles. The highest BCUT2D eigenvalue weighted by Crippen LogP contribution is 2.12. The predicted octanol–water partition coefficient (Wildman–Crippen LogP) is 2.57. The zero-order valence-corrected chi connectivity index (χ0v) is 15.8. The Kier molecular flexibility index (Phi) is 5.11. The molecule has 4 rings (SSSR count). The number of nitrogens with one attached hydrogen (secondary N) is 1. The van der Waals surface area contributed by atoms with Crippen LogP contribution in [0.5, 0.6) is 0 Å². The number of rotatable bonds is 7. The van der Waals surface area contributed by atoms with Crippen molar-refractivity contribution in [3.05, 3.63) is 59.0 Å². The molecule has 4 aromatic rings. The second-order valence-electron chi connectivity index (χ2n) is 5.96. The van der Waals surface area contributed by atoms with Crippen molar-refractivity contribution in [3.63, 3.8) is 0 Å². The van der Waals surface area contributed by atoms with E-state index in [-0.39, 0.29) is 12.5 Å². The van der Waals surface area contributed by atoms with Crippen molar-refractivity contribution in [3.8, 4) is 0 Å². The van der Waals surface area contributed by atoms with Gasteiger partial charge < -0.3 is 10.2 Å². The first kappa shape index (κ1) is 17.9. The Morgan fingerprint density at radius 1 is 1.29 bits per heavy atom. The topological polar surface area (TPSA) is 99.2 Å². The maximum atomic E-state index is 12.0. The Morgan fingerprint density at radius 2 is 2.18 bits per heavy atom. The summed E-state index contributed by atoms with van der Waals surface area (Å²) in [4.78, 5) is 18.1. The third-order valence-corrected chi connectivity index (χ3v) is 4.87. The van der Waals surface area contributed by atoms with Gasteiger partial charge in [-0.25, -0.2) is 9.36 Å². The number of para-hydroxylation sites is 1. The average Bonchev–Trinajstić information content (AvgIpc) is 3.44. The van der Waals surface area contributed by atoms with Gasteiger partial charge in [0.15, 0.2) is 6.61 Å². The van der Waals surface area contributed by atoms with Crippen molar-refractivity contribution in [1.29, 1.82) is 0 Å². The summed E-state index contributed by atoms with van der Waals surface area (Å²) in [7, 11) is 0. The molecular formula is C18H17N7O2S. The molecular weight excluding hydrogens is 378 g/mol. The van der Waals surface area contributed by atoms with Gasteiger partial charge in [-0.2, -0.15) is 5.10 Å². The quantitative estimate of drug-likeness (QED) is 0.383. The van der Waals surface area contributed by atoms with Crippen LogP contribution in [-0.2, 0) is 16.3 Å². The summed E-state index contributed by atoms with van der Waals surface area (Å²) in [5.41, 5.74) is 3.03. The number of nitrogens with zero attached hydrogens (tertiary/aromatic N) is 6. The average molecular weight is 395 g/mol. The minimum Gasteiger partial charge on any atom is -0.385 e. The molecule has 0 atom stereocenters. The van der Waals surface area contributed by atoms with E-state index in [1.165, 1.54) is 0 Å². The van der Waals surface area contributed by atoms with Crippen molar-refractivity contribution in [2.75, 3.05) is 11.9 Å². The van der Waals surface area contributed by atoms with Gasteiger partial charge in [0.1, 0.15) is 12.2 Å². The molecule has 0 bridgehead atoms. The van der Waals surface area contributed by atoms with E-state index < -0.39 is 0 Å². The van der Waals surface area contributed by atoms with Gasteiger partial charge in [-0.15, -0.1) is 16.4 Å². The van der Waals surface area contributed by atoms with E-state index in [2.05, 4.69) is 25.9 Å². The lowest BCUT2D eigenvalue weighted by atomic mass is 10.3. The van der Waals surface area contributed by atoms with Crippen molar-refractivity contribution in [2.45, 2.75) is 13.6 Å². The molecule has 142 valence electrons. The van der Waals surface area contributed by atoms with Crippen LogP contribution in [0.4, 0.5) is 5.69 Å². The van der Waals surface area contributed by atoms with Crippen LogP contribution >= 0.6 is 11.3 Å². The first-order valence-corrected chi connectivity index (χ1v) is 9.38. The summed E-state index contributed by atoms with van der Waals surface area (Å²) in [5.74, 6) is -0.312. The second-order valence-corrected chi connectivity index (χ2v) is 6.91. The number of aromatic nitrogens is 5. The van der Waals surface area contributed by atoms with Crippen LogP contribution in [0.2, 0.25) is 0 Å². The molecule has 0 spiro atoms. The smallest absolute Gasteiger partial charge is 0.265 e. The van der Waals surface area contributed by atoms with E-state index in [0.29, 0.717) is 12.4 Å². The van der Waals surface area contributed by atoms with E-state index in [9.17, 15) is 4.79 Å². The molecule has 0 radical (unpaired) electrons. The monoisotopic (exact) mass is 395 g/mol. The first-order valence-electron chi connectivity index (χ1n) is 8.50. The SMILES string of the molecule is CC(=NOCC(=O)Nc1cnn(Cn2nnc3ccccc32)c1)c1cccs1. The normalized spacial score (nSPS) is 11.7. The first-order chi connectivity index (χ1) is 13.7. The summed E-state index contributed by atoms with van der Waals surface area (Å²) in [6.07, 6.45) is 3.28. The zero-order valence-electron chi connectivity index (χ0n) is 15.0. The number of oxime groups is 1. The molecule has 0 aliphatic heterocycles. The van der Waals surface area contributed by atoms with E-state index in [4.69, 9.17) is 4.84 Å². The number of carbonyl (C=O) groups excluding carboxylic acids is 1. The third-order valence-electron chi connectivity index (χ3n) is 3.89. The van der Waals surface area contributed by atoms with Crippen molar-refractivity contribution in [1.82, 2.24) is 24.8 Å². The van der Waals surface area contributed by atoms with Gasteiger partial charge in [0.05, 0.1) is 34.2 Å². The van der Waals surface area contributed by atoms with Gasteiger partial charge in [0.25, 0.3) is 5.91 Å². The molecule has 9 nitrogen and oxygen atoms in total. The lowest BCUT2D eigenvalue weighted by Gasteiger charge is -2.03. The molecule has 10 heteroatoms. The largest absolute Gasteiger partial charge is 0.385 e. The third kappa shape index (κ3) is 4.07. The Bertz CT molecular complexity index is 1110. The molecule has 0 unspecified atom stereocenters. The number of thiophene rings is 1. The zero-order chi connectivity index (χ0) is 19.3. The highest BCUT2D eigenvalue weighted by molar-refractivity contribution is 7.12. The molecule has 1 N–H and O–H groups in total. The van der Waals surface area contributed by atoms with Crippen LogP contribution in [0.1, 0.15) is 11.8 Å². The van der Waals surface area contributed by atoms with Crippen molar-refractivity contribution in [2.24, 2.45) is 5.16 Å². The summed E-state index contributed by atoms with van der Waals surface area (Å²) >= 11 is 1.56. The number of anilines is 1. The molecule has 3 heterocycles. The second kappa shape index (κ2) is 8.01. The molecule has 1 aromatic carbocycles. The van der Waals surface area contributed by atoms with Crippen LogP contribution in [-0.4, -0.2) is 43.0 Å². The number of benzene rings is 1. The van der Waals surface area contributed by atoms with Crippen LogP contribution in [0.15, 0.2) is 59.3 Å². The predicted molar refractivity (Wildman–Crippen MR) is 106 cm³/mol. The van der Waals surface area contributed by atoms with Gasteiger partial charge in [-0.05, 0) is 30.5 Å². The number of hydrogen-bond acceptors (Lipinski definition) is 7. The lowest BCUT2D eigenvalue weighted by molar-refractivity contribution is -0.120. The summed E-state index contributed by atoms with van der Waals surface area (Å²) in [6, 6.07) is 11.6. The Hall–Kier alpha value is -3.53. The standard InChI is InChI=1S/C18H17N7O2S/c1-13(17-7-4-8-28-17)22-27-11-18(26)20-14-9-19-24(10-14)12-25-16-6-3-2-5-15(16)21-23-25/h2-10H,11-12H2,1H3,(H,20,26). The fourth-order valence-corrected chi connectivity index (χ4v) is 3.25. The number of hydrogen-bond donors (Lipinski definition) is 1. The molecule has 0 fully saturated rings. The maximum Gasteiger partial charge on any atom is 0.265 e. The Labute approximate surface area is 164 Å². The van der Waals surface area contributed by atoms with Crippen LogP contribution < -0.4 is 5.32 Å². The van der Waals surface area contributed by atoms with E-state index >= 15 is 0 Å². The van der Waals surface area contributed by atoms with Gasteiger partial charge in [-0.3, -0.25) is 4.79 Å². The van der Waals surface area contributed by atoms with Crippen LogP contribution in [0, 0.1) is 0 Å². The van der Waals surface area contributed by atoms with Gasteiger partial charge in [0, 0.05) is 0 Å². The fourth-order valence-electron chi connectivity index (χ4n) is 2.58. The highest BCUT2D eigenvalue weighted by atomic mass is 32.1. The molecule has 0 saturated carbocycles. The highest BCUT2D eigenvalue weighted by Gasteiger charge is 2.08. The van der Waals surface area contributed by atoms with E-state index in [0.717, 1.165) is 21.6 Å². The van der Waals surface area contributed by atoms with E-state index in [1.54, 1.807) is 33.1 Å². The summed E-state index contributed by atoms with van der Waals surface area (Å²) in [5, 5.41) is 21.1. The number of fused-ring (bicyclic) bond motifs is 1. The van der Waals surface area contributed by atoms with Gasteiger partial charge in [0.2, 0.25) is 0 Å². The summed E-state index contributed by atoms with van der Waals surface area (Å²) < 4.78 is 3.40. The maximum absolute atomic E-state index is 12.0. The molecule has 28 heavy (non-hydrogen) atoms. The number of amides is 1. The Balaban J connectivity index is 1.32. The van der Waals surface area contributed by atoms with Gasteiger partial charge >= 0.3 is 0 Å². The van der Waals surface area contributed by atoms with Crippen LogP contribution in [0.25, 0.3) is 11.0 Å². The fraction of sp³-hybridized carbons (Fsp3) is 0.167. The van der Waals surface area contributed by atoms with Crippen LogP contribution in [0.3, 0.4) is 0 Å². The number of carbonyl (C=O) groups is 1. The molecule has 0 aliphatic rings.